The zero-order valence-electron chi connectivity index (χ0n) is 10.4. The van der Waals surface area contributed by atoms with Gasteiger partial charge in [0.15, 0.2) is 0 Å². The molecule has 88 valence electrons. The average Bonchev–Trinajstić information content (AvgIpc) is 2.10. The molecule has 0 saturated carbocycles. The second kappa shape index (κ2) is 5.31. The van der Waals surface area contributed by atoms with Crippen LogP contribution in [0.1, 0.15) is 34.6 Å². The van der Waals surface area contributed by atoms with Gasteiger partial charge in [0.05, 0.1) is 18.8 Å². The number of hydrogen-bond acceptors (Lipinski definition) is 3. The number of esters is 1. The highest BCUT2D eigenvalue weighted by Gasteiger charge is 2.23. The second-order valence-electron chi connectivity index (χ2n) is 5.38. The molecule has 0 aliphatic heterocycles. The van der Waals surface area contributed by atoms with Gasteiger partial charge in [-0.05, 0) is 20.8 Å². The number of carbonyl (C=O) groups is 1. The summed E-state index contributed by atoms with van der Waals surface area (Å²) in [6, 6.07) is 0. The van der Waals surface area contributed by atoms with E-state index in [2.05, 4.69) is 6.58 Å². The lowest BCUT2D eigenvalue weighted by molar-refractivity contribution is -0.143. The molecular weight excluding hydrogens is 192 g/mol. The SMILES string of the molecule is C=CC(=O)OCC(C)(C)COC(C)(C)C. The van der Waals surface area contributed by atoms with Gasteiger partial charge < -0.3 is 9.47 Å². The summed E-state index contributed by atoms with van der Waals surface area (Å²) in [6.45, 7) is 14.2. The van der Waals surface area contributed by atoms with Crippen molar-refractivity contribution in [3.8, 4) is 0 Å². The summed E-state index contributed by atoms with van der Waals surface area (Å²) < 4.78 is 10.6. The number of ether oxygens (including phenoxy) is 2. The summed E-state index contributed by atoms with van der Waals surface area (Å²) in [5, 5.41) is 0. The Balaban J connectivity index is 3.97. The van der Waals surface area contributed by atoms with Crippen molar-refractivity contribution in [3.63, 3.8) is 0 Å². The van der Waals surface area contributed by atoms with E-state index in [1.807, 2.05) is 34.6 Å². The van der Waals surface area contributed by atoms with E-state index in [4.69, 9.17) is 9.47 Å². The fourth-order valence-electron chi connectivity index (χ4n) is 0.779. The molecule has 0 fully saturated rings. The minimum atomic E-state index is -0.390. The van der Waals surface area contributed by atoms with E-state index in [-0.39, 0.29) is 17.0 Å². The van der Waals surface area contributed by atoms with Gasteiger partial charge in [-0.15, -0.1) is 0 Å². The van der Waals surface area contributed by atoms with Gasteiger partial charge in [-0.3, -0.25) is 0 Å². The standard InChI is InChI=1S/C12H22O3/c1-7-10(13)14-8-12(5,6)9-15-11(2,3)4/h7H,1,8-9H2,2-6H3. The first-order chi connectivity index (χ1) is 6.66. The summed E-state index contributed by atoms with van der Waals surface area (Å²) in [6.07, 6.45) is 1.17. The quantitative estimate of drug-likeness (QED) is 0.521. The maximum absolute atomic E-state index is 10.9. The fourth-order valence-corrected chi connectivity index (χ4v) is 0.779. The van der Waals surface area contributed by atoms with Crippen LogP contribution in [0.4, 0.5) is 0 Å². The first-order valence-corrected chi connectivity index (χ1v) is 5.09. The summed E-state index contributed by atoms with van der Waals surface area (Å²) in [7, 11) is 0. The molecule has 0 amide bonds. The Bertz CT molecular complexity index is 224. The predicted molar refractivity (Wildman–Crippen MR) is 60.6 cm³/mol. The Labute approximate surface area is 92.5 Å². The molecule has 0 saturated heterocycles. The van der Waals surface area contributed by atoms with Gasteiger partial charge >= 0.3 is 5.97 Å². The highest BCUT2D eigenvalue weighted by molar-refractivity contribution is 5.81. The predicted octanol–water partition coefficient (Wildman–Crippen LogP) is 2.56. The van der Waals surface area contributed by atoms with Gasteiger partial charge in [0, 0.05) is 11.5 Å². The number of carbonyl (C=O) groups excluding carboxylic acids is 1. The molecule has 0 aromatic rings. The Kier molecular flexibility index (Phi) is 5.01. The number of hydrogen-bond donors (Lipinski definition) is 0. The lowest BCUT2D eigenvalue weighted by Gasteiger charge is -2.29. The Morgan fingerprint density at radius 1 is 1.20 bits per heavy atom. The summed E-state index contributed by atoms with van der Waals surface area (Å²) in [4.78, 5) is 10.9. The molecule has 0 unspecified atom stereocenters. The van der Waals surface area contributed by atoms with Crippen molar-refractivity contribution in [3.05, 3.63) is 12.7 Å². The first kappa shape index (κ1) is 14.2. The molecule has 15 heavy (non-hydrogen) atoms. The van der Waals surface area contributed by atoms with E-state index >= 15 is 0 Å². The Hall–Kier alpha value is -0.830. The van der Waals surface area contributed by atoms with Crippen LogP contribution in [0.15, 0.2) is 12.7 Å². The minimum absolute atomic E-state index is 0.167. The van der Waals surface area contributed by atoms with Crippen molar-refractivity contribution in [2.24, 2.45) is 5.41 Å². The maximum Gasteiger partial charge on any atom is 0.330 e. The zero-order valence-corrected chi connectivity index (χ0v) is 10.4. The molecule has 0 heterocycles. The average molecular weight is 214 g/mol. The van der Waals surface area contributed by atoms with Crippen LogP contribution in [0.5, 0.6) is 0 Å². The van der Waals surface area contributed by atoms with Gasteiger partial charge in [0.1, 0.15) is 0 Å². The molecule has 0 aliphatic carbocycles. The van der Waals surface area contributed by atoms with E-state index in [0.29, 0.717) is 13.2 Å². The molecule has 0 atom stereocenters. The van der Waals surface area contributed by atoms with Crippen LogP contribution in [0.25, 0.3) is 0 Å². The lowest BCUT2D eigenvalue weighted by atomic mass is 9.96. The van der Waals surface area contributed by atoms with Crippen LogP contribution in [-0.4, -0.2) is 24.8 Å². The van der Waals surface area contributed by atoms with Gasteiger partial charge in [0.2, 0.25) is 0 Å². The van der Waals surface area contributed by atoms with E-state index in [0.717, 1.165) is 0 Å². The van der Waals surface area contributed by atoms with E-state index in [1.54, 1.807) is 0 Å². The third kappa shape index (κ3) is 8.18. The summed E-state index contributed by atoms with van der Waals surface area (Å²) in [5.41, 5.74) is -0.342. The van der Waals surface area contributed by atoms with Crippen molar-refractivity contribution in [2.75, 3.05) is 13.2 Å². The van der Waals surface area contributed by atoms with Gasteiger partial charge in [-0.25, -0.2) is 4.79 Å². The maximum atomic E-state index is 10.9. The van der Waals surface area contributed by atoms with Crippen molar-refractivity contribution in [1.29, 1.82) is 0 Å². The van der Waals surface area contributed by atoms with Crippen molar-refractivity contribution >= 4 is 5.97 Å². The summed E-state index contributed by atoms with van der Waals surface area (Å²) >= 11 is 0. The van der Waals surface area contributed by atoms with E-state index in [9.17, 15) is 4.79 Å². The third-order valence-electron chi connectivity index (χ3n) is 1.67. The lowest BCUT2D eigenvalue weighted by Crippen LogP contribution is -2.32. The minimum Gasteiger partial charge on any atom is -0.462 e. The molecule has 0 aromatic carbocycles. The molecule has 3 heteroatoms. The largest absolute Gasteiger partial charge is 0.462 e. The first-order valence-electron chi connectivity index (χ1n) is 5.09. The van der Waals surface area contributed by atoms with Crippen molar-refractivity contribution in [2.45, 2.75) is 40.2 Å². The molecule has 3 nitrogen and oxygen atoms in total. The molecule has 0 N–H and O–H groups in total. The molecule has 0 radical (unpaired) electrons. The van der Waals surface area contributed by atoms with E-state index in [1.165, 1.54) is 6.08 Å². The van der Waals surface area contributed by atoms with Crippen LogP contribution in [-0.2, 0) is 14.3 Å². The van der Waals surface area contributed by atoms with Crippen LogP contribution < -0.4 is 0 Å². The second-order valence-corrected chi connectivity index (χ2v) is 5.38. The van der Waals surface area contributed by atoms with Gasteiger partial charge in [-0.2, -0.15) is 0 Å². The highest BCUT2D eigenvalue weighted by atomic mass is 16.5. The number of rotatable bonds is 5. The molecule has 0 bridgehead atoms. The van der Waals surface area contributed by atoms with E-state index < -0.39 is 0 Å². The smallest absolute Gasteiger partial charge is 0.330 e. The van der Waals surface area contributed by atoms with Crippen LogP contribution in [0, 0.1) is 5.41 Å². The van der Waals surface area contributed by atoms with Gasteiger partial charge in [0.25, 0.3) is 0 Å². The molecule has 0 rings (SSSR count). The molecule has 0 aliphatic rings. The third-order valence-corrected chi connectivity index (χ3v) is 1.67. The Morgan fingerprint density at radius 3 is 2.13 bits per heavy atom. The molecule has 0 aromatic heterocycles. The van der Waals surface area contributed by atoms with Gasteiger partial charge in [-0.1, -0.05) is 20.4 Å². The van der Waals surface area contributed by atoms with Crippen LogP contribution in [0.2, 0.25) is 0 Å². The fraction of sp³-hybridized carbons (Fsp3) is 0.750. The normalized spacial score (nSPS) is 12.3. The monoisotopic (exact) mass is 214 g/mol. The molecule has 0 spiro atoms. The highest BCUT2D eigenvalue weighted by Crippen LogP contribution is 2.19. The van der Waals surface area contributed by atoms with Crippen molar-refractivity contribution in [1.82, 2.24) is 0 Å². The molecular formula is C12H22O3. The summed E-state index contributed by atoms with van der Waals surface area (Å²) in [5.74, 6) is -0.390. The zero-order chi connectivity index (χ0) is 12.1. The Morgan fingerprint density at radius 2 is 1.73 bits per heavy atom. The van der Waals surface area contributed by atoms with Crippen LogP contribution in [0.3, 0.4) is 0 Å². The van der Waals surface area contributed by atoms with Crippen LogP contribution >= 0.6 is 0 Å². The topological polar surface area (TPSA) is 35.5 Å². The van der Waals surface area contributed by atoms with Crippen molar-refractivity contribution < 1.29 is 14.3 Å².